The molecule has 1 N–H and O–H groups in total. The van der Waals surface area contributed by atoms with Crippen LogP contribution >= 0.6 is 11.6 Å². The van der Waals surface area contributed by atoms with Gasteiger partial charge in [-0.1, -0.05) is 18.5 Å². The minimum Gasteiger partial charge on any atom is -0.496 e. The molecule has 2 aromatic rings. The molecule has 0 radical (unpaired) electrons. The normalized spacial score (nSPS) is 12.4. The molecule has 0 bridgehead atoms. The van der Waals surface area contributed by atoms with Crippen molar-refractivity contribution in [2.24, 2.45) is 0 Å². The van der Waals surface area contributed by atoms with Gasteiger partial charge in [0.25, 0.3) is 0 Å². The van der Waals surface area contributed by atoms with E-state index in [0.29, 0.717) is 23.0 Å². The highest BCUT2D eigenvalue weighted by Gasteiger charge is 2.15. The SMILES string of the molecule is CCc1ccc(C(O)Cc2cc(Cl)ccc2OC)o1. The van der Waals surface area contributed by atoms with Crippen LogP contribution in [0.3, 0.4) is 0 Å². The van der Waals surface area contributed by atoms with E-state index >= 15 is 0 Å². The number of benzene rings is 1. The van der Waals surface area contributed by atoms with Crippen molar-refractivity contribution in [2.45, 2.75) is 25.9 Å². The van der Waals surface area contributed by atoms with E-state index in [1.807, 2.05) is 13.0 Å². The van der Waals surface area contributed by atoms with Crippen LogP contribution in [0.2, 0.25) is 5.02 Å². The molecule has 0 aliphatic heterocycles. The van der Waals surface area contributed by atoms with Crippen LogP contribution in [0.5, 0.6) is 5.75 Å². The van der Waals surface area contributed by atoms with Gasteiger partial charge in [0.2, 0.25) is 0 Å². The summed E-state index contributed by atoms with van der Waals surface area (Å²) in [6.07, 6.45) is 0.515. The molecule has 2 rings (SSSR count). The van der Waals surface area contributed by atoms with Crippen LogP contribution in [-0.2, 0) is 12.8 Å². The molecule has 4 heteroatoms. The lowest BCUT2D eigenvalue weighted by molar-refractivity contribution is 0.147. The number of aliphatic hydroxyl groups excluding tert-OH is 1. The Balaban J connectivity index is 2.18. The second-order valence-electron chi connectivity index (χ2n) is 4.33. The van der Waals surface area contributed by atoms with Crippen molar-refractivity contribution in [1.29, 1.82) is 0 Å². The molecule has 3 nitrogen and oxygen atoms in total. The molecule has 1 unspecified atom stereocenters. The summed E-state index contributed by atoms with van der Waals surface area (Å²) in [6, 6.07) is 9.05. The number of halogens is 1. The highest BCUT2D eigenvalue weighted by molar-refractivity contribution is 6.30. The maximum atomic E-state index is 10.2. The van der Waals surface area contributed by atoms with E-state index in [1.54, 1.807) is 31.4 Å². The lowest BCUT2D eigenvalue weighted by Crippen LogP contribution is -2.02. The van der Waals surface area contributed by atoms with Gasteiger partial charge in [-0.05, 0) is 35.9 Å². The fourth-order valence-electron chi connectivity index (χ4n) is 1.98. The van der Waals surface area contributed by atoms with Crippen molar-refractivity contribution < 1.29 is 14.3 Å². The maximum absolute atomic E-state index is 10.2. The van der Waals surface area contributed by atoms with Gasteiger partial charge in [-0.3, -0.25) is 0 Å². The summed E-state index contributed by atoms with van der Waals surface area (Å²) in [4.78, 5) is 0. The van der Waals surface area contributed by atoms with E-state index in [9.17, 15) is 5.11 Å². The molecule has 0 fully saturated rings. The molecule has 102 valence electrons. The Bertz CT molecular complexity index is 548. The van der Waals surface area contributed by atoms with Gasteiger partial charge >= 0.3 is 0 Å². The van der Waals surface area contributed by atoms with Gasteiger partial charge in [0.05, 0.1) is 7.11 Å². The van der Waals surface area contributed by atoms with Crippen molar-refractivity contribution in [3.63, 3.8) is 0 Å². The van der Waals surface area contributed by atoms with Crippen LogP contribution in [0.25, 0.3) is 0 Å². The summed E-state index contributed by atoms with van der Waals surface area (Å²) in [5.74, 6) is 2.15. The van der Waals surface area contributed by atoms with Crippen molar-refractivity contribution in [2.75, 3.05) is 7.11 Å². The van der Waals surface area contributed by atoms with Crippen LogP contribution in [0, 0.1) is 0 Å². The third kappa shape index (κ3) is 3.31. The Morgan fingerprint density at radius 2 is 2.11 bits per heavy atom. The molecule has 1 aromatic heterocycles. The Morgan fingerprint density at radius 1 is 1.32 bits per heavy atom. The van der Waals surface area contributed by atoms with E-state index in [1.165, 1.54) is 0 Å². The fourth-order valence-corrected chi connectivity index (χ4v) is 2.17. The Labute approximate surface area is 117 Å². The van der Waals surface area contributed by atoms with E-state index in [0.717, 1.165) is 17.7 Å². The summed E-state index contributed by atoms with van der Waals surface area (Å²) in [5.41, 5.74) is 0.858. The summed E-state index contributed by atoms with van der Waals surface area (Å²) in [5, 5.41) is 10.8. The quantitative estimate of drug-likeness (QED) is 0.906. The van der Waals surface area contributed by atoms with Crippen molar-refractivity contribution >= 4 is 11.6 Å². The van der Waals surface area contributed by atoms with Gasteiger partial charge in [-0.15, -0.1) is 0 Å². The van der Waals surface area contributed by atoms with Crippen LogP contribution in [0.4, 0.5) is 0 Å². The zero-order valence-corrected chi connectivity index (χ0v) is 11.8. The van der Waals surface area contributed by atoms with Crippen LogP contribution in [0.15, 0.2) is 34.7 Å². The molecular formula is C15H17ClO3. The van der Waals surface area contributed by atoms with E-state index < -0.39 is 6.10 Å². The summed E-state index contributed by atoms with van der Waals surface area (Å²) >= 11 is 5.97. The molecule has 0 aliphatic rings. The van der Waals surface area contributed by atoms with Crippen molar-refractivity contribution in [3.05, 3.63) is 52.4 Å². The average molecular weight is 281 g/mol. The fraction of sp³-hybridized carbons (Fsp3) is 0.333. The Morgan fingerprint density at radius 3 is 2.74 bits per heavy atom. The van der Waals surface area contributed by atoms with Crippen molar-refractivity contribution in [3.8, 4) is 5.75 Å². The molecule has 0 saturated heterocycles. The number of methoxy groups -OCH3 is 1. The first-order valence-electron chi connectivity index (χ1n) is 6.23. The van der Waals surface area contributed by atoms with Gasteiger partial charge in [0.15, 0.2) is 0 Å². The number of aliphatic hydroxyl groups is 1. The van der Waals surface area contributed by atoms with Crippen LogP contribution < -0.4 is 4.74 Å². The van der Waals surface area contributed by atoms with E-state index in [-0.39, 0.29) is 0 Å². The Hall–Kier alpha value is -1.45. The minimum atomic E-state index is -0.701. The highest BCUT2D eigenvalue weighted by Crippen LogP contribution is 2.28. The molecule has 0 aliphatic carbocycles. The van der Waals surface area contributed by atoms with Crippen LogP contribution in [0.1, 0.15) is 30.1 Å². The first kappa shape index (κ1) is 14.0. The number of hydrogen-bond donors (Lipinski definition) is 1. The molecule has 1 atom stereocenters. The predicted octanol–water partition coefficient (Wildman–Crippen LogP) is 3.78. The zero-order chi connectivity index (χ0) is 13.8. The largest absolute Gasteiger partial charge is 0.496 e. The van der Waals surface area contributed by atoms with E-state index in [4.69, 9.17) is 20.8 Å². The second-order valence-corrected chi connectivity index (χ2v) is 4.77. The monoisotopic (exact) mass is 280 g/mol. The molecule has 19 heavy (non-hydrogen) atoms. The number of aryl methyl sites for hydroxylation is 1. The first-order valence-corrected chi connectivity index (χ1v) is 6.61. The molecule has 1 heterocycles. The topological polar surface area (TPSA) is 42.6 Å². The van der Waals surface area contributed by atoms with E-state index in [2.05, 4.69) is 0 Å². The number of furan rings is 1. The summed E-state index contributed by atoms with van der Waals surface area (Å²) in [6.45, 7) is 2.01. The van der Waals surface area contributed by atoms with Crippen molar-refractivity contribution in [1.82, 2.24) is 0 Å². The lowest BCUT2D eigenvalue weighted by atomic mass is 10.1. The van der Waals surface area contributed by atoms with Gasteiger partial charge in [0, 0.05) is 17.9 Å². The molecule has 0 saturated carbocycles. The predicted molar refractivity (Wildman–Crippen MR) is 74.8 cm³/mol. The molecule has 1 aromatic carbocycles. The summed E-state index contributed by atoms with van der Waals surface area (Å²) < 4.78 is 10.8. The molecular weight excluding hydrogens is 264 g/mol. The average Bonchev–Trinajstić information content (AvgIpc) is 2.88. The second kappa shape index (κ2) is 6.13. The molecule has 0 amide bonds. The van der Waals surface area contributed by atoms with Gasteiger partial charge in [0.1, 0.15) is 23.4 Å². The lowest BCUT2D eigenvalue weighted by Gasteiger charge is -2.12. The van der Waals surface area contributed by atoms with Gasteiger partial charge in [-0.2, -0.15) is 0 Å². The number of ether oxygens (including phenoxy) is 1. The molecule has 0 spiro atoms. The zero-order valence-electron chi connectivity index (χ0n) is 11.0. The standard InChI is InChI=1S/C15H17ClO3/c1-3-12-5-7-15(19-12)13(17)9-10-8-11(16)4-6-14(10)18-2/h4-8,13,17H,3,9H2,1-2H3. The Kier molecular flexibility index (Phi) is 4.51. The highest BCUT2D eigenvalue weighted by atomic mass is 35.5. The number of rotatable bonds is 5. The first-order chi connectivity index (χ1) is 9.13. The van der Waals surface area contributed by atoms with Gasteiger partial charge in [-0.25, -0.2) is 0 Å². The summed E-state index contributed by atoms with van der Waals surface area (Å²) in [7, 11) is 1.60. The smallest absolute Gasteiger partial charge is 0.133 e. The van der Waals surface area contributed by atoms with Gasteiger partial charge < -0.3 is 14.3 Å². The minimum absolute atomic E-state index is 0.403. The maximum Gasteiger partial charge on any atom is 0.133 e. The number of hydrogen-bond acceptors (Lipinski definition) is 3. The third-order valence-corrected chi connectivity index (χ3v) is 3.25. The van der Waals surface area contributed by atoms with Crippen LogP contribution in [-0.4, -0.2) is 12.2 Å². The third-order valence-electron chi connectivity index (χ3n) is 3.02.